The van der Waals surface area contributed by atoms with Crippen LogP contribution in [0.4, 0.5) is 13.2 Å². The molecule has 0 radical (unpaired) electrons. The molecule has 6 heteroatoms. The summed E-state index contributed by atoms with van der Waals surface area (Å²) in [5.74, 6) is 4.55. The second-order valence-corrected chi connectivity index (χ2v) is 1.86. The number of amidine groups is 1. The van der Waals surface area contributed by atoms with Crippen LogP contribution < -0.4 is 11.3 Å². The first-order valence-corrected chi connectivity index (χ1v) is 3.06. The number of nitrogens with one attached hydrogen (secondary N) is 1. The lowest BCUT2D eigenvalue weighted by Crippen LogP contribution is -2.34. The van der Waals surface area contributed by atoms with Crippen LogP contribution >= 0.6 is 0 Å². The fourth-order valence-corrected chi connectivity index (χ4v) is 0.533. The molecule has 0 atom stereocenters. The molecule has 0 aromatic carbocycles. The maximum absolute atomic E-state index is 11.6. The van der Waals surface area contributed by atoms with Crippen molar-refractivity contribution in [3.8, 4) is 0 Å². The number of halogens is 3. The topological polar surface area (TPSA) is 50.4 Å². The third-order valence-corrected chi connectivity index (χ3v) is 0.883. The van der Waals surface area contributed by atoms with E-state index >= 15 is 0 Å². The summed E-state index contributed by atoms with van der Waals surface area (Å²) in [5.41, 5.74) is 1.89. The van der Waals surface area contributed by atoms with Gasteiger partial charge in [0.05, 0.1) is 0 Å². The molecule has 0 aromatic rings. The van der Waals surface area contributed by atoms with E-state index in [1.54, 1.807) is 6.92 Å². The Balaban J connectivity index is 3.99. The van der Waals surface area contributed by atoms with E-state index in [9.17, 15) is 13.2 Å². The number of hydrogen-bond acceptors (Lipinski definition) is 2. The Morgan fingerprint density at radius 1 is 1.55 bits per heavy atom. The molecular weight excluding hydrogens is 159 g/mol. The van der Waals surface area contributed by atoms with Gasteiger partial charge in [-0.3, -0.25) is 4.99 Å². The molecule has 0 heterocycles. The van der Waals surface area contributed by atoms with Crippen LogP contribution in [0.5, 0.6) is 0 Å². The van der Waals surface area contributed by atoms with E-state index in [0.717, 1.165) is 0 Å². The summed E-state index contributed by atoms with van der Waals surface area (Å²) in [6, 6.07) is 0. The number of rotatable bonds is 2. The molecule has 0 saturated carbocycles. The van der Waals surface area contributed by atoms with Gasteiger partial charge in [-0.25, -0.2) is 5.84 Å². The summed E-state index contributed by atoms with van der Waals surface area (Å²) in [7, 11) is 0. The van der Waals surface area contributed by atoms with Crippen LogP contribution in [0.15, 0.2) is 4.99 Å². The minimum Gasteiger partial charge on any atom is -0.312 e. The molecule has 3 N–H and O–H groups in total. The fraction of sp³-hybridized carbons (Fsp3) is 0.800. The predicted octanol–water partition coefficient (Wildman–Crippen LogP) is 0.821. The van der Waals surface area contributed by atoms with Crippen molar-refractivity contribution >= 4 is 5.84 Å². The normalized spacial score (nSPS) is 13.4. The molecule has 0 amide bonds. The number of hydrazine groups is 1. The van der Waals surface area contributed by atoms with Gasteiger partial charge < -0.3 is 5.43 Å². The number of nitrogens with zero attached hydrogens (tertiary/aromatic N) is 1. The smallest absolute Gasteiger partial charge is 0.312 e. The Bertz CT molecular complexity index is 140. The van der Waals surface area contributed by atoms with Crippen LogP contribution in [0.3, 0.4) is 0 Å². The van der Waals surface area contributed by atoms with Crippen molar-refractivity contribution in [3.63, 3.8) is 0 Å². The van der Waals surface area contributed by atoms with Crippen molar-refractivity contribution in [2.24, 2.45) is 10.8 Å². The summed E-state index contributed by atoms with van der Waals surface area (Å²) in [6.45, 7) is 1.92. The van der Waals surface area contributed by atoms with E-state index in [0.29, 0.717) is 0 Å². The zero-order chi connectivity index (χ0) is 8.91. The third kappa shape index (κ3) is 5.65. The fourth-order valence-electron chi connectivity index (χ4n) is 0.533. The van der Waals surface area contributed by atoms with Crippen molar-refractivity contribution < 1.29 is 13.2 Å². The van der Waals surface area contributed by atoms with Gasteiger partial charge in [0, 0.05) is 6.54 Å². The van der Waals surface area contributed by atoms with Gasteiger partial charge in [0.2, 0.25) is 0 Å². The standard InChI is InChI=1S/C5H10F3N3/c1-2-10-4(11-9)3-5(6,7)8/h2-3,9H2,1H3,(H,10,11). The average Bonchev–Trinajstić information content (AvgIpc) is 1.84. The molecule has 0 fully saturated rings. The van der Waals surface area contributed by atoms with Crippen molar-refractivity contribution in [3.05, 3.63) is 0 Å². The summed E-state index contributed by atoms with van der Waals surface area (Å²) in [5, 5.41) is 0. The third-order valence-electron chi connectivity index (χ3n) is 0.883. The molecule has 0 unspecified atom stereocenters. The molecule has 0 bridgehead atoms. The zero-order valence-corrected chi connectivity index (χ0v) is 6.07. The summed E-state index contributed by atoms with van der Waals surface area (Å²) in [6.07, 6.45) is -5.35. The average molecular weight is 169 g/mol. The Morgan fingerprint density at radius 2 is 2.09 bits per heavy atom. The lowest BCUT2D eigenvalue weighted by atomic mass is 10.4. The predicted molar refractivity (Wildman–Crippen MR) is 36.0 cm³/mol. The van der Waals surface area contributed by atoms with E-state index in [1.165, 1.54) is 0 Å². The van der Waals surface area contributed by atoms with Crippen LogP contribution in [-0.2, 0) is 0 Å². The van der Waals surface area contributed by atoms with Gasteiger partial charge in [-0.15, -0.1) is 0 Å². The van der Waals surface area contributed by atoms with Crippen LogP contribution in [-0.4, -0.2) is 18.6 Å². The molecule has 3 nitrogen and oxygen atoms in total. The van der Waals surface area contributed by atoms with E-state index in [1.807, 2.05) is 5.43 Å². The number of hydrogen-bond donors (Lipinski definition) is 2. The molecule has 0 aliphatic carbocycles. The van der Waals surface area contributed by atoms with E-state index in [-0.39, 0.29) is 12.4 Å². The molecule has 0 spiro atoms. The van der Waals surface area contributed by atoms with Gasteiger partial charge in [-0.2, -0.15) is 13.2 Å². The SMILES string of the molecule is CCN=C(CC(F)(F)F)NN. The highest BCUT2D eigenvalue weighted by atomic mass is 19.4. The highest BCUT2D eigenvalue weighted by Crippen LogP contribution is 2.19. The maximum Gasteiger partial charge on any atom is 0.396 e. The maximum atomic E-state index is 11.6. The van der Waals surface area contributed by atoms with Gasteiger partial charge in [0.25, 0.3) is 0 Å². The molecule has 0 aliphatic heterocycles. The van der Waals surface area contributed by atoms with Gasteiger partial charge in [-0.1, -0.05) is 0 Å². The van der Waals surface area contributed by atoms with Gasteiger partial charge in [-0.05, 0) is 6.92 Å². The minimum atomic E-state index is -4.25. The first-order valence-electron chi connectivity index (χ1n) is 3.06. The summed E-state index contributed by atoms with van der Waals surface area (Å²) in [4.78, 5) is 3.49. The van der Waals surface area contributed by atoms with Crippen molar-refractivity contribution in [1.82, 2.24) is 5.43 Å². The Morgan fingerprint density at radius 3 is 2.36 bits per heavy atom. The Hall–Kier alpha value is -0.780. The van der Waals surface area contributed by atoms with Crippen LogP contribution in [0.2, 0.25) is 0 Å². The van der Waals surface area contributed by atoms with Gasteiger partial charge in [0.15, 0.2) is 0 Å². The highest BCUT2D eigenvalue weighted by Gasteiger charge is 2.29. The molecule has 11 heavy (non-hydrogen) atoms. The van der Waals surface area contributed by atoms with E-state index in [4.69, 9.17) is 5.84 Å². The van der Waals surface area contributed by atoms with Crippen molar-refractivity contribution in [2.75, 3.05) is 6.54 Å². The van der Waals surface area contributed by atoms with Gasteiger partial charge in [0.1, 0.15) is 12.3 Å². The largest absolute Gasteiger partial charge is 0.396 e. The van der Waals surface area contributed by atoms with Crippen LogP contribution in [0, 0.1) is 0 Å². The molecular formula is C5H10F3N3. The van der Waals surface area contributed by atoms with Crippen molar-refractivity contribution in [2.45, 2.75) is 19.5 Å². The van der Waals surface area contributed by atoms with E-state index in [2.05, 4.69) is 4.99 Å². The Kier molecular flexibility index (Phi) is 3.88. The highest BCUT2D eigenvalue weighted by molar-refractivity contribution is 5.82. The first kappa shape index (κ1) is 10.2. The molecule has 0 aromatic heterocycles. The van der Waals surface area contributed by atoms with Gasteiger partial charge >= 0.3 is 6.18 Å². The zero-order valence-electron chi connectivity index (χ0n) is 6.07. The quantitative estimate of drug-likeness (QED) is 0.278. The molecule has 0 aliphatic rings. The number of nitrogens with two attached hydrogens (primary N) is 1. The lowest BCUT2D eigenvalue weighted by molar-refractivity contribution is -0.121. The van der Waals surface area contributed by atoms with E-state index < -0.39 is 12.6 Å². The second-order valence-electron chi connectivity index (χ2n) is 1.86. The minimum absolute atomic E-state index is 0.236. The number of aliphatic imine (C=N–C) groups is 1. The molecule has 0 rings (SSSR count). The second kappa shape index (κ2) is 4.17. The molecule has 0 saturated heterocycles. The monoisotopic (exact) mass is 169 g/mol. The van der Waals surface area contributed by atoms with Crippen LogP contribution in [0.25, 0.3) is 0 Å². The summed E-state index contributed by atoms with van der Waals surface area (Å²) >= 11 is 0. The first-order chi connectivity index (χ1) is 4.99. The lowest BCUT2D eigenvalue weighted by Gasteiger charge is -2.07. The van der Waals surface area contributed by atoms with Crippen LogP contribution in [0.1, 0.15) is 13.3 Å². The summed E-state index contributed by atoms with van der Waals surface area (Å²) < 4.78 is 34.9. The van der Waals surface area contributed by atoms with Crippen molar-refractivity contribution in [1.29, 1.82) is 0 Å². The number of alkyl halides is 3. The molecule has 66 valence electrons. The Labute approximate surface area is 62.5 Å².